The molecule has 0 amide bonds. The number of benzene rings is 1. The SMILES string of the molecule is C=Cc1cc(C)c(C)c(C(=O)OC)c1.CC.CC.CC(=O)C1CCCC1. The molecule has 0 saturated heterocycles. The molecule has 0 aromatic heterocycles. The Labute approximate surface area is 160 Å². The highest BCUT2D eigenvalue weighted by molar-refractivity contribution is 5.92. The van der Waals surface area contributed by atoms with Gasteiger partial charge in [0, 0.05) is 5.92 Å². The molecule has 2 rings (SSSR count). The minimum atomic E-state index is -0.297. The smallest absolute Gasteiger partial charge is 0.338 e. The number of aryl methyl sites for hydroxylation is 1. The molecular formula is C23H38O3. The standard InChI is InChI=1S/C12H14O2.C7H12O.2C2H6/c1-5-10-6-8(2)9(3)11(7-10)12(13)14-4;1-6(8)7-4-2-3-5-7;2*1-2/h5-7H,1H2,2-4H3;7H,2-5H2,1H3;2*1-2H3. The molecule has 0 bridgehead atoms. The minimum Gasteiger partial charge on any atom is -0.465 e. The molecule has 1 aliphatic carbocycles. The highest BCUT2D eigenvalue weighted by atomic mass is 16.5. The maximum absolute atomic E-state index is 11.4. The van der Waals surface area contributed by atoms with Crippen molar-refractivity contribution in [1.82, 2.24) is 0 Å². The van der Waals surface area contributed by atoms with Gasteiger partial charge in [0.2, 0.25) is 0 Å². The summed E-state index contributed by atoms with van der Waals surface area (Å²) in [6.07, 6.45) is 6.55. The van der Waals surface area contributed by atoms with Gasteiger partial charge < -0.3 is 4.74 Å². The normalized spacial score (nSPS) is 12.3. The molecule has 1 saturated carbocycles. The molecule has 0 spiro atoms. The van der Waals surface area contributed by atoms with E-state index in [0.29, 0.717) is 17.3 Å². The van der Waals surface area contributed by atoms with Crippen LogP contribution in [0.5, 0.6) is 0 Å². The maximum atomic E-state index is 11.4. The van der Waals surface area contributed by atoms with E-state index in [1.54, 1.807) is 19.1 Å². The van der Waals surface area contributed by atoms with E-state index in [-0.39, 0.29) is 5.97 Å². The van der Waals surface area contributed by atoms with E-state index in [1.807, 2.05) is 47.6 Å². The van der Waals surface area contributed by atoms with Crippen molar-refractivity contribution in [2.24, 2.45) is 5.92 Å². The number of rotatable bonds is 3. The van der Waals surface area contributed by atoms with Crippen molar-refractivity contribution in [2.45, 2.75) is 74.1 Å². The van der Waals surface area contributed by atoms with Crippen LogP contribution in [0.2, 0.25) is 0 Å². The van der Waals surface area contributed by atoms with Crippen LogP contribution in [0.25, 0.3) is 6.08 Å². The molecule has 3 heteroatoms. The Bertz CT molecular complexity index is 553. The molecule has 1 aromatic carbocycles. The molecule has 3 nitrogen and oxygen atoms in total. The number of methoxy groups -OCH3 is 1. The third kappa shape index (κ3) is 8.98. The number of ether oxygens (including phenoxy) is 1. The van der Waals surface area contributed by atoms with Gasteiger partial charge >= 0.3 is 5.97 Å². The number of carbonyl (C=O) groups excluding carboxylic acids is 2. The van der Waals surface area contributed by atoms with Crippen LogP contribution in [-0.2, 0) is 9.53 Å². The number of carbonyl (C=O) groups is 2. The van der Waals surface area contributed by atoms with Gasteiger partial charge in [-0.05, 0) is 56.4 Å². The zero-order chi connectivity index (χ0) is 20.7. The quantitative estimate of drug-likeness (QED) is 0.572. The highest BCUT2D eigenvalue weighted by Crippen LogP contribution is 2.24. The van der Waals surface area contributed by atoms with Crippen LogP contribution >= 0.6 is 0 Å². The highest BCUT2D eigenvalue weighted by Gasteiger charge is 2.18. The van der Waals surface area contributed by atoms with E-state index in [0.717, 1.165) is 29.5 Å². The van der Waals surface area contributed by atoms with Crippen LogP contribution in [0.3, 0.4) is 0 Å². The second-order valence-corrected chi connectivity index (χ2v) is 5.80. The first-order valence-electron chi connectivity index (χ1n) is 9.73. The van der Waals surface area contributed by atoms with Crippen LogP contribution in [-0.4, -0.2) is 18.9 Å². The summed E-state index contributed by atoms with van der Waals surface area (Å²) in [4.78, 5) is 22.0. The molecule has 0 N–H and O–H groups in total. The average Bonchev–Trinajstić information content (AvgIpc) is 3.22. The second-order valence-electron chi connectivity index (χ2n) is 5.80. The molecule has 0 radical (unpaired) electrons. The lowest BCUT2D eigenvalue weighted by Crippen LogP contribution is -2.05. The third-order valence-electron chi connectivity index (χ3n) is 4.26. The van der Waals surface area contributed by atoms with E-state index in [2.05, 4.69) is 6.58 Å². The minimum absolute atomic E-state index is 0.297. The summed E-state index contributed by atoms with van der Waals surface area (Å²) in [7, 11) is 1.39. The van der Waals surface area contributed by atoms with Gasteiger partial charge in [0.1, 0.15) is 5.78 Å². The molecule has 0 unspecified atom stereocenters. The Morgan fingerprint density at radius 2 is 1.58 bits per heavy atom. The summed E-state index contributed by atoms with van der Waals surface area (Å²) in [6, 6.07) is 3.79. The first kappa shape index (κ1) is 26.3. The molecule has 0 atom stereocenters. The Balaban J connectivity index is 0. The predicted octanol–water partition coefficient (Wildman–Crippen LogP) is 6.55. The van der Waals surface area contributed by atoms with Crippen molar-refractivity contribution in [1.29, 1.82) is 0 Å². The van der Waals surface area contributed by atoms with Gasteiger partial charge in [0.25, 0.3) is 0 Å². The summed E-state index contributed by atoms with van der Waals surface area (Å²) in [5, 5.41) is 0. The number of hydrogen-bond acceptors (Lipinski definition) is 3. The van der Waals surface area contributed by atoms with Crippen LogP contribution in [0.15, 0.2) is 18.7 Å². The lowest BCUT2D eigenvalue weighted by Gasteiger charge is -2.08. The van der Waals surface area contributed by atoms with Gasteiger partial charge in [-0.1, -0.05) is 59.3 Å². The zero-order valence-electron chi connectivity index (χ0n) is 18.1. The molecular weight excluding hydrogens is 324 g/mol. The molecule has 148 valence electrons. The number of ketones is 1. The van der Waals surface area contributed by atoms with E-state index in [4.69, 9.17) is 4.74 Å². The summed E-state index contributed by atoms with van der Waals surface area (Å²) in [6.45, 7) is 17.3. The fraction of sp³-hybridized carbons (Fsp3) is 0.565. The summed E-state index contributed by atoms with van der Waals surface area (Å²) in [5.74, 6) is 0.520. The van der Waals surface area contributed by atoms with E-state index in [1.165, 1.54) is 20.0 Å². The van der Waals surface area contributed by atoms with Crippen molar-refractivity contribution in [3.8, 4) is 0 Å². The number of esters is 1. The fourth-order valence-corrected chi connectivity index (χ4v) is 2.66. The first-order valence-corrected chi connectivity index (χ1v) is 9.73. The fourth-order valence-electron chi connectivity index (χ4n) is 2.66. The molecule has 1 aliphatic rings. The van der Waals surface area contributed by atoms with Crippen molar-refractivity contribution >= 4 is 17.8 Å². The van der Waals surface area contributed by atoms with E-state index < -0.39 is 0 Å². The summed E-state index contributed by atoms with van der Waals surface area (Å²) < 4.78 is 4.70. The van der Waals surface area contributed by atoms with E-state index >= 15 is 0 Å². The van der Waals surface area contributed by atoms with Gasteiger partial charge in [-0.2, -0.15) is 0 Å². The van der Waals surface area contributed by atoms with Crippen molar-refractivity contribution < 1.29 is 14.3 Å². The summed E-state index contributed by atoms with van der Waals surface area (Å²) >= 11 is 0. The monoisotopic (exact) mass is 362 g/mol. The lowest BCUT2D eigenvalue weighted by molar-refractivity contribution is -0.120. The van der Waals surface area contributed by atoms with Crippen molar-refractivity contribution in [3.05, 3.63) is 41.0 Å². The molecule has 0 heterocycles. The van der Waals surface area contributed by atoms with Crippen LogP contribution in [0.1, 0.15) is 87.4 Å². The number of hydrogen-bond donors (Lipinski definition) is 0. The second kappa shape index (κ2) is 15.4. The zero-order valence-corrected chi connectivity index (χ0v) is 18.1. The van der Waals surface area contributed by atoms with Crippen LogP contribution in [0, 0.1) is 19.8 Å². The first-order chi connectivity index (χ1) is 12.4. The predicted molar refractivity (Wildman–Crippen MR) is 113 cm³/mol. The van der Waals surface area contributed by atoms with E-state index in [9.17, 15) is 9.59 Å². The molecule has 0 aliphatic heterocycles. The average molecular weight is 363 g/mol. The largest absolute Gasteiger partial charge is 0.465 e. The molecule has 1 fully saturated rings. The number of Topliss-reactive ketones (excluding diaryl/α,β-unsaturated/α-hetero) is 1. The third-order valence-corrected chi connectivity index (χ3v) is 4.26. The van der Waals surface area contributed by atoms with Gasteiger partial charge in [-0.3, -0.25) is 4.79 Å². The summed E-state index contributed by atoms with van der Waals surface area (Å²) in [5.41, 5.74) is 3.58. The van der Waals surface area contributed by atoms with Gasteiger partial charge in [-0.25, -0.2) is 4.79 Å². The van der Waals surface area contributed by atoms with Gasteiger partial charge in [0.05, 0.1) is 12.7 Å². The van der Waals surface area contributed by atoms with Crippen molar-refractivity contribution in [2.75, 3.05) is 7.11 Å². The van der Waals surface area contributed by atoms with Gasteiger partial charge in [0.15, 0.2) is 0 Å². The molecule has 1 aromatic rings. The molecule has 26 heavy (non-hydrogen) atoms. The Morgan fingerprint density at radius 1 is 1.08 bits per heavy atom. The Hall–Kier alpha value is -1.90. The maximum Gasteiger partial charge on any atom is 0.338 e. The Morgan fingerprint density at radius 3 is 1.92 bits per heavy atom. The Kier molecular flexibility index (Phi) is 15.6. The van der Waals surface area contributed by atoms with Crippen LogP contribution < -0.4 is 0 Å². The van der Waals surface area contributed by atoms with Crippen LogP contribution in [0.4, 0.5) is 0 Å². The van der Waals surface area contributed by atoms with Crippen molar-refractivity contribution in [3.63, 3.8) is 0 Å². The topological polar surface area (TPSA) is 43.4 Å². The lowest BCUT2D eigenvalue weighted by atomic mass is 10.00. The van der Waals surface area contributed by atoms with Gasteiger partial charge in [-0.15, -0.1) is 0 Å².